The van der Waals surface area contributed by atoms with E-state index in [1.54, 1.807) is 5.57 Å². The van der Waals surface area contributed by atoms with Crippen LogP contribution in [0.4, 0.5) is 0 Å². The first-order valence-corrected chi connectivity index (χ1v) is 12.3. The summed E-state index contributed by atoms with van der Waals surface area (Å²) in [5, 5.41) is 29.4. The van der Waals surface area contributed by atoms with Crippen LogP contribution in [0, 0.1) is 29.1 Å². The van der Waals surface area contributed by atoms with Crippen LogP contribution >= 0.6 is 0 Å². The highest BCUT2D eigenvalue weighted by Gasteiger charge is 2.50. The standard InChI is InChI=1S/C27H44O3/c1-18(17-28)7-5-8-19(2)24-12-13-25-21(9-6-14-27(24,25)4)10-11-22-15-23(29)16-26(30)20(22)3/h10-11,18-19,23-26,28-30H,3,5-9,12-17H2,1-2,4H3/b21-10?,22-11-/t18?,19-,23-,24-,25?,26-,27-/m1/s1. The molecule has 7 atom stereocenters. The molecule has 30 heavy (non-hydrogen) atoms. The summed E-state index contributed by atoms with van der Waals surface area (Å²) >= 11 is 0. The number of fused-ring (bicyclic) bond motifs is 1. The smallest absolute Gasteiger partial charge is 0.0811 e. The largest absolute Gasteiger partial charge is 0.396 e. The van der Waals surface area contributed by atoms with E-state index in [-0.39, 0.29) is 0 Å². The molecule has 0 heterocycles. The molecule has 0 bridgehead atoms. The van der Waals surface area contributed by atoms with Crippen molar-refractivity contribution in [1.29, 1.82) is 0 Å². The van der Waals surface area contributed by atoms with Crippen molar-refractivity contribution in [1.82, 2.24) is 0 Å². The first-order chi connectivity index (χ1) is 14.3. The number of allylic oxidation sites excluding steroid dienone is 3. The van der Waals surface area contributed by atoms with E-state index in [4.69, 9.17) is 0 Å². The van der Waals surface area contributed by atoms with Crippen LogP contribution in [-0.2, 0) is 0 Å². The van der Waals surface area contributed by atoms with Crippen LogP contribution < -0.4 is 0 Å². The molecule has 3 N–H and O–H groups in total. The average molecular weight is 417 g/mol. The lowest BCUT2D eigenvalue weighted by molar-refractivity contribution is 0.0861. The Morgan fingerprint density at radius 2 is 1.93 bits per heavy atom. The maximum atomic E-state index is 10.1. The third-order valence-electron chi connectivity index (χ3n) is 8.66. The minimum absolute atomic E-state index is 0.307. The minimum Gasteiger partial charge on any atom is -0.396 e. The molecule has 3 fully saturated rings. The van der Waals surface area contributed by atoms with Gasteiger partial charge in [0, 0.05) is 13.0 Å². The molecule has 170 valence electrons. The summed E-state index contributed by atoms with van der Waals surface area (Å²) in [5.41, 5.74) is 3.77. The Morgan fingerprint density at radius 1 is 1.17 bits per heavy atom. The monoisotopic (exact) mass is 416 g/mol. The maximum absolute atomic E-state index is 10.1. The van der Waals surface area contributed by atoms with Gasteiger partial charge in [-0.25, -0.2) is 0 Å². The molecule has 0 amide bonds. The third kappa shape index (κ3) is 5.11. The van der Waals surface area contributed by atoms with Crippen LogP contribution in [0.5, 0.6) is 0 Å². The van der Waals surface area contributed by atoms with Crippen LogP contribution in [0.15, 0.2) is 35.5 Å². The van der Waals surface area contributed by atoms with E-state index in [2.05, 4.69) is 39.5 Å². The van der Waals surface area contributed by atoms with E-state index < -0.39 is 12.2 Å². The zero-order valence-corrected chi connectivity index (χ0v) is 19.4. The second-order valence-corrected chi connectivity index (χ2v) is 10.9. The Balaban J connectivity index is 1.69. The van der Waals surface area contributed by atoms with Gasteiger partial charge in [0.2, 0.25) is 0 Å². The summed E-state index contributed by atoms with van der Waals surface area (Å²) in [6.45, 7) is 11.5. The molecule has 0 aromatic carbocycles. The van der Waals surface area contributed by atoms with Gasteiger partial charge in [-0.05, 0) is 85.2 Å². The summed E-state index contributed by atoms with van der Waals surface area (Å²) < 4.78 is 0. The molecule has 2 unspecified atom stereocenters. The normalized spacial score (nSPS) is 39.3. The molecular weight excluding hydrogens is 372 g/mol. The van der Waals surface area contributed by atoms with Gasteiger partial charge in [-0.3, -0.25) is 0 Å². The zero-order valence-electron chi connectivity index (χ0n) is 19.4. The zero-order chi connectivity index (χ0) is 21.9. The van der Waals surface area contributed by atoms with Crippen LogP contribution in [-0.4, -0.2) is 34.1 Å². The lowest BCUT2D eigenvalue weighted by Gasteiger charge is -2.44. The van der Waals surface area contributed by atoms with Crippen molar-refractivity contribution in [3.8, 4) is 0 Å². The van der Waals surface area contributed by atoms with Crippen LogP contribution in [0.1, 0.15) is 85.0 Å². The molecule has 0 aromatic rings. The van der Waals surface area contributed by atoms with E-state index in [0.29, 0.717) is 36.7 Å². The Bertz CT molecular complexity index is 663. The molecule has 3 saturated carbocycles. The highest BCUT2D eigenvalue weighted by atomic mass is 16.3. The number of hydrogen-bond donors (Lipinski definition) is 3. The summed E-state index contributed by atoms with van der Waals surface area (Å²) in [4.78, 5) is 0. The predicted molar refractivity (Wildman–Crippen MR) is 124 cm³/mol. The molecule has 0 radical (unpaired) electrons. The summed E-state index contributed by atoms with van der Waals surface area (Å²) in [7, 11) is 0. The Hall–Kier alpha value is -0.900. The SMILES string of the molecule is C=C1/C(=C\C=C2CCC[C@@]3(C)C2CC[C@@H]3[C@H](C)CCCC(C)CO)C[C@@H](O)C[C@H]1O. The average Bonchev–Trinajstić information content (AvgIpc) is 3.06. The van der Waals surface area contributed by atoms with E-state index in [1.165, 1.54) is 44.9 Å². The van der Waals surface area contributed by atoms with Gasteiger partial charge in [0.05, 0.1) is 12.2 Å². The van der Waals surface area contributed by atoms with Gasteiger partial charge in [-0.15, -0.1) is 0 Å². The van der Waals surface area contributed by atoms with Gasteiger partial charge >= 0.3 is 0 Å². The third-order valence-corrected chi connectivity index (χ3v) is 8.66. The van der Waals surface area contributed by atoms with Crippen molar-refractivity contribution in [3.63, 3.8) is 0 Å². The fraction of sp³-hybridized carbons (Fsp3) is 0.778. The van der Waals surface area contributed by atoms with Crippen LogP contribution in [0.2, 0.25) is 0 Å². The number of hydrogen-bond acceptors (Lipinski definition) is 3. The highest BCUT2D eigenvalue weighted by Crippen LogP contribution is 2.59. The number of rotatable bonds is 7. The summed E-state index contributed by atoms with van der Waals surface area (Å²) in [5.74, 6) is 2.62. The second kappa shape index (κ2) is 10.1. The van der Waals surface area contributed by atoms with Crippen LogP contribution in [0.3, 0.4) is 0 Å². The van der Waals surface area contributed by atoms with Gasteiger partial charge < -0.3 is 15.3 Å². The maximum Gasteiger partial charge on any atom is 0.0811 e. The van der Waals surface area contributed by atoms with Crippen LogP contribution in [0.25, 0.3) is 0 Å². The molecule has 0 spiro atoms. The van der Waals surface area contributed by atoms with Crippen molar-refractivity contribution in [2.24, 2.45) is 29.1 Å². The first-order valence-electron chi connectivity index (χ1n) is 12.3. The van der Waals surface area contributed by atoms with E-state index in [9.17, 15) is 15.3 Å². The summed E-state index contributed by atoms with van der Waals surface area (Å²) in [6, 6.07) is 0. The molecule has 0 aromatic heterocycles. The van der Waals surface area contributed by atoms with E-state index >= 15 is 0 Å². The van der Waals surface area contributed by atoms with Crippen molar-refractivity contribution in [3.05, 3.63) is 35.5 Å². The first kappa shape index (κ1) is 23.8. The van der Waals surface area contributed by atoms with Gasteiger partial charge in [0.1, 0.15) is 0 Å². The molecule has 3 aliphatic rings. The summed E-state index contributed by atoms with van der Waals surface area (Å²) in [6.07, 6.45) is 14.4. The lowest BCUT2D eigenvalue weighted by atomic mass is 9.60. The fourth-order valence-electron chi connectivity index (χ4n) is 6.76. The molecule has 3 rings (SSSR count). The van der Waals surface area contributed by atoms with Gasteiger partial charge in [0.15, 0.2) is 0 Å². The molecule has 0 aliphatic heterocycles. The molecular formula is C27H44O3. The lowest BCUT2D eigenvalue weighted by Crippen LogP contribution is -2.36. The quantitative estimate of drug-likeness (QED) is 0.509. The highest BCUT2D eigenvalue weighted by molar-refractivity contribution is 5.38. The Kier molecular flexibility index (Phi) is 8.03. The minimum atomic E-state index is -0.611. The van der Waals surface area contributed by atoms with Crippen molar-refractivity contribution in [2.45, 2.75) is 97.2 Å². The van der Waals surface area contributed by atoms with Gasteiger partial charge in [-0.2, -0.15) is 0 Å². The molecule has 3 heteroatoms. The van der Waals surface area contributed by atoms with E-state index in [0.717, 1.165) is 29.4 Å². The van der Waals surface area contributed by atoms with Gasteiger partial charge in [0.25, 0.3) is 0 Å². The topological polar surface area (TPSA) is 60.7 Å². The molecule has 3 nitrogen and oxygen atoms in total. The second-order valence-electron chi connectivity index (χ2n) is 10.9. The number of aliphatic hydroxyl groups is 3. The molecule has 0 saturated heterocycles. The predicted octanol–water partition coefficient (Wildman–Crippen LogP) is 5.56. The van der Waals surface area contributed by atoms with Crippen molar-refractivity contribution in [2.75, 3.05) is 6.61 Å². The number of aliphatic hydroxyl groups excluding tert-OH is 3. The Morgan fingerprint density at radius 3 is 2.67 bits per heavy atom. The van der Waals surface area contributed by atoms with Crippen molar-refractivity contribution < 1.29 is 15.3 Å². The molecule has 3 aliphatic carbocycles. The van der Waals surface area contributed by atoms with Gasteiger partial charge in [-0.1, -0.05) is 57.9 Å². The van der Waals surface area contributed by atoms with Crippen molar-refractivity contribution >= 4 is 0 Å². The fourth-order valence-corrected chi connectivity index (χ4v) is 6.76. The van der Waals surface area contributed by atoms with E-state index in [1.807, 2.05) is 0 Å². The Labute approximate surface area is 184 Å².